The number of halogens is 3. The van der Waals surface area contributed by atoms with Gasteiger partial charge in [-0.2, -0.15) is 0 Å². The zero-order valence-corrected chi connectivity index (χ0v) is 21.2. The van der Waals surface area contributed by atoms with Crippen LogP contribution in [0.25, 0.3) is 0 Å². The molecule has 0 fully saturated rings. The molecule has 0 bridgehead atoms. The average Bonchev–Trinajstić information content (AvgIpc) is 2.74. The van der Waals surface area contributed by atoms with Crippen LogP contribution in [0.2, 0.25) is 15.1 Å². The molecule has 0 saturated carbocycles. The van der Waals surface area contributed by atoms with Gasteiger partial charge in [0.15, 0.2) is 0 Å². The first-order chi connectivity index (χ1) is 14.9. The van der Waals surface area contributed by atoms with E-state index in [0.29, 0.717) is 0 Å². The van der Waals surface area contributed by atoms with Crippen LogP contribution < -0.4 is 0 Å². The normalized spacial score (nSPS) is 10.2. The van der Waals surface area contributed by atoms with Crippen molar-refractivity contribution >= 4 is 75.5 Å². The molecule has 0 aliphatic carbocycles. The summed E-state index contributed by atoms with van der Waals surface area (Å²) in [5.74, 6) is -2.65. The molecule has 156 valence electrons. The van der Waals surface area contributed by atoms with E-state index >= 15 is 0 Å². The van der Waals surface area contributed by atoms with E-state index in [9.17, 15) is 14.4 Å². The van der Waals surface area contributed by atoms with Gasteiger partial charge >= 0.3 is 203 Å². The van der Waals surface area contributed by atoms with Gasteiger partial charge in [-0.25, -0.2) is 0 Å². The van der Waals surface area contributed by atoms with Gasteiger partial charge < -0.3 is 0 Å². The Bertz CT molecular complexity index is 996. The van der Waals surface area contributed by atoms with Crippen LogP contribution in [0.5, 0.6) is 0 Å². The summed E-state index contributed by atoms with van der Waals surface area (Å²) in [5, 5.41) is 0.396. The second-order valence-corrected chi connectivity index (χ2v) is 10.8. The molecular weight excluding hydrogens is 569 g/mol. The van der Waals surface area contributed by atoms with Gasteiger partial charge in [-0.1, -0.05) is 0 Å². The van der Waals surface area contributed by atoms with E-state index in [1.807, 2.05) is 0 Å². The molecule has 0 spiro atoms. The van der Waals surface area contributed by atoms with Crippen molar-refractivity contribution in [2.24, 2.45) is 0 Å². The van der Waals surface area contributed by atoms with Crippen LogP contribution in [0.1, 0.15) is 31.1 Å². The molecule has 0 aliphatic heterocycles. The predicted octanol–water partition coefficient (Wildman–Crippen LogP) is 5.50. The first-order valence-electron chi connectivity index (χ1n) is 8.73. The third-order valence-corrected chi connectivity index (χ3v) is 8.36. The van der Waals surface area contributed by atoms with Crippen molar-refractivity contribution < 1.29 is 22.9 Å². The molecule has 0 N–H and O–H groups in total. The van der Waals surface area contributed by atoms with E-state index in [1.165, 1.54) is 36.4 Å². The third kappa shape index (κ3) is 6.17. The van der Waals surface area contributed by atoms with Gasteiger partial charge in [0.1, 0.15) is 0 Å². The molecule has 0 saturated heterocycles. The second-order valence-electron chi connectivity index (χ2n) is 5.94. The van der Waals surface area contributed by atoms with Crippen LogP contribution in [0.15, 0.2) is 72.8 Å². The molecule has 6 nitrogen and oxygen atoms in total. The summed E-state index contributed by atoms with van der Waals surface area (Å²) in [4.78, 5) is 37.7. The number of carbonyl (C=O) groups excluding carboxylic acids is 3. The maximum absolute atomic E-state index is 12.6. The van der Waals surface area contributed by atoms with Gasteiger partial charge in [0.25, 0.3) is 0 Å². The standard InChI is InChI=1S/3C7H5ClO2.In/c3*8-6-4-2-1-3-5(6)7(9)10;/h3*1-4H,(H,9,10);/q;;;+3/p-3. The van der Waals surface area contributed by atoms with E-state index in [0.717, 1.165) is 0 Å². The molecule has 0 heterocycles. The van der Waals surface area contributed by atoms with Crippen LogP contribution in [0.3, 0.4) is 0 Å². The molecule has 0 aromatic heterocycles. The molecule has 0 amide bonds. The van der Waals surface area contributed by atoms with Gasteiger partial charge in [0.2, 0.25) is 0 Å². The first kappa shape index (κ1) is 23.5. The van der Waals surface area contributed by atoms with Crippen LogP contribution in [-0.4, -0.2) is 40.7 Å². The van der Waals surface area contributed by atoms with Crippen molar-refractivity contribution in [3.63, 3.8) is 0 Å². The fourth-order valence-electron chi connectivity index (χ4n) is 2.41. The van der Waals surface area contributed by atoms with Crippen molar-refractivity contribution in [3.05, 3.63) is 105 Å². The quantitative estimate of drug-likeness (QED) is 0.383. The van der Waals surface area contributed by atoms with Crippen molar-refractivity contribution in [2.75, 3.05) is 0 Å². The number of hydrogen-bond donors (Lipinski definition) is 0. The van der Waals surface area contributed by atoms with E-state index in [2.05, 4.69) is 0 Å². The van der Waals surface area contributed by atoms with Crippen molar-refractivity contribution in [1.29, 1.82) is 0 Å². The Morgan fingerprint density at radius 1 is 0.516 bits per heavy atom. The molecule has 3 aromatic rings. The van der Waals surface area contributed by atoms with Crippen molar-refractivity contribution in [3.8, 4) is 0 Å². The molecule has 0 radical (unpaired) electrons. The fraction of sp³-hybridized carbons (Fsp3) is 0. The van der Waals surface area contributed by atoms with Crippen LogP contribution in [0, 0.1) is 0 Å². The Kier molecular flexibility index (Phi) is 8.26. The summed E-state index contributed by atoms with van der Waals surface area (Å²) in [6, 6.07) is 18.4. The van der Waals surface area contributed by atoms with E-state index in [1.54, 1.807) is 36.4 Å². The molecule has 3 aromatic carbocycles. The minimum absolute atomic E-state index is 0.0356. The Balaban J connectivity index is 1.84. The second kappa shape index (κ2) is 10.9. The molecule has 31 heavy (non-hydrogen) atoms. The van der Waals surface area contributed by atoms with Gasteiger partial charge in [0, 0.05) is 0 Å². The summed E-state index contributed by atoms with van der Waals surface area (Å²) in [7, 11) is 0. The summed E-state index contributed by atoms with van der Waals surface area (Å²) in [6.45, 7) is 0. The maximum atomic E-state index is 12.6. The van der Waals surface area contributed by atoms with Crippen LogP contribution >= 0.6 is 34.8 Å². The van der Waals surface area contributed by atoms with Gasteiger partial charge in [-0.15, -0.1) is 0 Å². The minimum atomic E-state index is -4.56. The molecular formula is C21H12Cl3InO6. The fourth-order valence-corrected chi connectivity index (χ4v) is 6.04. The van der Waals surface area contributed by atoms with Gasteiger partial charge in [-0.05, 0) is 0 Å². The SMILES string of the molecule is O=C([O][In]([O]C(=O)c1ccccc1Cl)[O]C(=O)c1ccccc1Cl)c1ccccc1Cl. The summed E-state index contributed by atoms with van der Waals surface area (Å²) < 4.78 is 15.9. The average molecular weight is 581 g/mol. The molecule has 0 unspecified atom stereocenters. The molecule has 3 rings (SSSR count). The Morgan fingerprint density at radius 3 is 1.03 bits per heavy atom. The zero-order valence-electron chi connectivity index (χ0n) is 15.6. The number of rotatable bonds is 6. The monoisotopic (exact) mass is 580 g/mol. The van der Waals surface area contributed by atoms with Crippen LogP contribution in [-0.2, 0) is 8.56 Å². The van der Waals surface area contributed by atoms with Gasteiger partial charge in [-0.3, -0.25) is 0 Å². The number of hydrogen-bond acceptors (Lipinski definition) is 6. The van der Waals surface area contributed by atoms with Crippen molar-refractivity contribution in [1.82, 2.24) is 0 Å². The summed E-state index contributed by atoms with van der Waals surface area (Å²) >= 11 is 13.5. The van der Waals surface area contributed by atoms with Gasteiger partial charge in [0.05, 0.1) is 0 Å². The van der Waals surface area contributed by atoms with Crippen molar-refractivity contribution in [2.45, 2.75) is 0 Å². The van der Waals surface area contributed by atoms with Crippen LogP contribution in [0.4, 0.5) is 0 Å². The molecule has 0 atom stereocenters. The van der Waals surface area contributed by atoms with E-state index in [-0.39, 0.29) is 31.8 Å². The molecule has 10 heteroatoms. The molecule has 0 aliphatic rings. The Hall–Kier alpha value is -2.19. The Morgan fingerprint density at radius 2 is 0.774 bits per heavy atom. The Labute approximate surface area is 201 Å². The first-order valence-corrected chi connectivity index (χ1v) is 13.9. The number of benzene rings is 3. The zero-order chi connectivity index (χ0) is 22.4. The number of carbonyl (C=O) groups is 3. The van der Waals surface area contributed by atoms with E-state index in [4.69, 9.17) is 43.4 Å². The topological polar surface area (TPSA) is 78.9 Å². The third-order valence-electron chi connectivity index (χ3n) is 3.89. The predicted molar refractivity (Wildman–Crippen MR) is 116 cm³/mol. The van der Waals surface area contributed by atoms with E-state index < -0.39 is 40.7 Å². The summed E-state index contributed by atoms with van der Waals surface area (Å²) in [5.41, 5.74) is 0.107. The summed E-state index contributed by atoms with van der Waals surface area (Å²) in [6.07, 6.45) is 0.